The Kier molecular flexibility index (Phi) is 4.67. The lowest BCUT2D eigenvalue weighted by Crippen LogP contribution is -2.17. The van der Waals surface area contributed by atoms with Crippen molar-refractivity contribution in [2.45, 2.75) is 32.2 Å². The van der Waals surface area contributed by atoms with Crippen molar-refractivity contribution >= 4 is 0 Å². The van der Waals surface area contributed by atoms with Crippen molar-refractivity contribution in [2.24, 2.45) is 5.73 Å². The van der Waals surface area contributed by atoms with E-state index in [-0.39, 0.29) is 0 Å². The second-order valence-corrected chi connectivity index (χ2v) is 2.03. The first-order valence-corrected chi connectivity index (χ1v) is 3.17. The van der Waals surface area contributed by atoms with Crippen LogP contribution in [0, 0.1) is 0 Å². The summed E-state index contributed by atoms with van der Waals surface area (Å²) in [5, 5.41) is 0. The Hall–Kier alpha value is -0.300. The van der Waals surface area contributed by atoms with Gasteiger partial charge in [-0.25, -0.2) is 0 Å². The van der Waals surface area contributed by atoms with Crippen LogP contribution in [-0.4, -0.2) is 6.04 Å². The van der Waals surface area contributed by atoms with Crippen LogP contribution in [0.25, 0.3) is 0 Å². The van der Waals surface area contributed by atoms with E-state index in [1.165, 1.54) is 0 Å². The van der Waals surface area contributed by atoms with Gasteiger partial charge in [-0.05, 0) is 19.3 Å². The van der Waals surface area contributed by atoms with Crippen molar-refractivity contribution in [1.29, 1.82) is 0 Å². The third-order valence-corrected chi connectivity index (χ3v) is 1.27. The third kappa shape index (κ3) is 3.88. The van der Waals surface area contributed by atoms with E-state index in [1.54, 1.807) is 0 Å². The van der Waals surface area contributed by atoms with E-state index >= 15 is 0 Å². The second-order valence-electron chi connectivity index (χ2n) is 2.03. The van der Waals surface area contributed by atoms with Gasteiger partial charge in [-0.2, -0.15) is 0 Å². The zero-order chi connectivity index (χ0) is 6.41. The first kappa shape index (κ1) is 7.70. The van der Waals surface area contributed by atoms with Gasteiger partial charge < -0.3 is 5.73 Å². The number of hydrogen-bond donors (Lipinski definition) is 1. The molecule has 0 saturated carbocycles. The zero-order valence-electron chi connectivity index (χ0n) is 5.56. The molecule has 1 atom stereocenters. The summed E-state index contributed by atoms with van der Waals surface area (Å²) in [6.07, 6.45) is 5.12. The minimum Gasteiger partial charge on any atom is -0.328 e. The van der Waals surface area contributed by atoms with Crippen molar-refractivity contribution in [3.63, 3.8) is 0 Å². The van der Waals surface area contributed by atoms with Gasteiger partial charge in [0, 0.05) is 6.04 Å². The van der Waals surface area contributed by atoms with Crippen LogP contribution >= 0.6 is 0 Å². The molecule has 0 aliphatic rings. The molecule has 2 N–H and O–H groups in total. The molecule has 0 rings (SSSR count). The Labute approximate surface area is 51.6 Å². The van der Waals surface area contributed by atoms with Gasteiger partial charge in [-0.15, -0.1) is 6.58 Å². The summed E-state index contributed by atoms with van der Waals surface area (Å²) in [5.41, 5.74) is 5.61. The molecule has 0 spiro atoms. The van der Waals surface area contributed by atoms with Crippen LogP contribution in [0.2, 0.25) is 0 Å². The molecule has 0 heterocycles. The highest BCUT2D eigenvalue weighted by molar-refractivity contribution is 4.70. The molecule has 0 aliphatic carbocycles. The fraction of sp³-hybridized carbons (Fsp3) is 0.714. The lowest BCUT2D eigenvalue weighted by Gasteiger charge is -2.03. The topological polar surface area (TPSA) is 26.0 Å². The Balaban J connectivity index is 2.97. The van der Waals surface area contributed by atoms with Crippen LogP contribution in [0.4, 0.5) is 0 Å². The molecule has 0 aromatic heterocycles. The molecular formula is C7H15N. The van der Waals surface area contributed by atoms with Crippen LogP contribution in [-0.2, 0) is 0 Å². The van der Waals surface area contributed by atoms with Crippen LogP contribution in [0.15, 0.2) is 12.7 Å². The van der Waals surface area contributed by atoms with Gasteiger partial charge in [0.25, 0.3) is 0 Å². The van der Waals surface area contributed by atoms with E-state index in [1.807, 2.05) is 6.08 Å². The Morgan fingerprint density at radius 2 is 2.38 bits per heavy atom. The number of nitrogens with two attached hydrogens (primary N) is 1. The smallest absolute Gasteiger partial charge is 0.00391 e. The van der Waals surface area contributed by atoms with E-state index in [4.69, 9.17) is 5.73 Å². The lowest BCUT2D eigenvalue weighted by molar-refractivity contribution is 0.603. The average Bonchev–Trinajstić information content (AvgIpc) is 1.83. The van der Waals surface area contributed by atoms with Crippen LogP contribution < -0.4 is 5.73 Å². The van der Waals surface area contributed by atoms with Gasteiger partial charge in [0.1, 0.15) is 0 Å². The number of allylic oxidation sites excluding steroid dienone is 1. The number of hydrogen-bond acceptors (Lipinski definition) is 1. The van der Waals surface area contributed by atoms with Gasteiger partial charge in [-0.3, -0.25) is 0 Å². The Morgan fingerprint density at radius 1 is 1.75 bits per heavy atom. The molecule has 0 saturated heterocycles. The predicted molar refractivity (Wildman–Crippen MR) is 37.7 cm³/mol. The largest absolute Gasteiger partial charge is 0.328 e. The fourth-order valence-electron chi connectivity index (χ4n) is 0.536. The Bertz CT molecular complexity index is 59.4. The van der Waals surface area contributed by atoms with Crippen molar-refractivity contribution in [2.75, 3.05) is 0 Å². The second kappa shape index (κ2) is 4.85. The molecule has 0 fully saturated rings. The molecule has 48 valence electrons. The van der Waals surface area contributed by atoms with Crippen LogP contribution in [0.5, 0.6) is 0 Å². The monoisotopic (exact) mass is 113 g/mol. The van der Waals surface area contributed by atoms with Crippen molar-refractivity contribution in [3.8, 4) is 0 Å². The van der Waals surface area contributed by atoms with E-state index in [0.29, 0.717) is 6.04 Å². The molecule has 8 heavy (non-hydrogen) atoms. The highest BCUT2D eigenvalue weighted by Crippen LogP contribution is 1.97. The predicted octanol–water partition coefficient (Wildman–Crippen LogP) is 1.69. The molecule has 0 aliphatic heterocycles. The number of rotatable bonds is 4. The van der Waals surface area contributed by atoms with Crippen molar-refractivity contribution in [1.82, 2.24) is 0 Å². The molecule has 0 aromatic rings. The van der Waals surface area contributed by atoms with Gasteiger partial charge in [0.2, 0.25) is 0 Å². The first-order chi connectivity index (χ1) is 3.81. The van der Waals surface area contributed by atoms with E-state index < -0.39 is 0 Å². The van der Waals surface area contributed by atoms with Gasteiger partial charge >= 0.3 is 0 Å². The maximum atomic E-state index is 5.61. The standard InChI is InChI=1S/C7H15N/c1-3-5-6-7(8)4-2/h3,7H,1,4-6,8H2,2H3/t7-/m1/s1. The van der Waals surface area contributed by atoms with E-state index in [2.05, 4.69) is 13.5 Å². The molecule has 0 amide bonds. The van der Waals surface area contributed by atoms with Crippen LogP contribution in [0.1, 0.15) is 26.2 Å². The third-order valence-electron chi connectivity index (χ3n) is 1.27. The summed E-state index contributed by atoms with van der Waals surface area (Å²) in [4.78, 5) is 0. The van der Waals surface area contributed by atoms with Crippen LogP contribution in [0.3, 0.4) is 0 Å². The average molecular weight is 113 g/mol. The normalized spacial score (nSPS) is 13.2. The highest BCUT2D eigenvalue weighted by atomic mass is 14.6. The highest BCUT2D eigenvalue weighted by Gasteiger charge is 1.93. The summed E-state index contributed by atoms with van der Waals surface area (Å²) in [6.45, 7) is 5.72. The summed E-state index contributed by atoms with van der Waals surface area (Å²) in [7, 11) is 0. The summed E-state index contributed by atoms with van der Waals surface area (Å²) in [6, 6.07) is 0.382. The molecule has 1 nitrogen and oxygen atoms in total. The van der Waals surface area contributed by atoms with Gasteiger partial charge in [-0.1, -0.05) is 13.0 Å². The van der Waals surface area contributed by atoms with Crippen molar-refractivity contribution in [3.05, 3.63) is 12.7 Å². The summed E-state index contributed by atoms with van der Waals surface area (Å²) < 4.78 is 0. The van der Waals surface area contributed by atoms with Gasteiger partial charge in [0.05, 0.1) is 0 Å². The molecular weight excluding hydrogens is 98.1 g/mol. The summed E-state index contributed by atoms with van der Waals surface area (Å²) in [5.74, 6) is 0. The summed E-state index contributed by atoms with van der Waals surface area (Å²) >= 11 is 0. The molecule has 0 radical (unpaired) electrons. The molecule has 0 unspecified atom stereocenters. The van der Waals surface area contributed by atoms with Gasteiger partial charge in [0.15, 0.2) is 0 Å². The molecule has 1 heteroatoms. The molecule has 0 bridgehead atoms. The molecule has 0 aromatic carbocycles. The minimum absolute atomic E-state index is 0.382. The SMILES string of the molecule is C=CCC[C@H](N)CC. The zero-order valence-corrected chi connectivity index (χ0v) is 5.56. The lowest BCUT2D eigenvalue weighted by atomic mass is 10.1. The van der Waals surface area contributed by atoms with Crippen molar-refractivity contribution < 1.29 is 0 Å². The quantitative estimate of drug-likeness (QED) is 0.552. The maximum absolute atomic E-state index is 5.61. The maximum Gasteiger partial charge on any atom is 0.00391 e. The minimum atomic E-state index is 0.382. The fourth-order valence-corrected chi connectivity index (χ4v) is 0.536. The van der Waals surface area contributed by atoms with E-state index in [0.717, 1.165) is 19.3 Å². The Morgan fingerprint density at radius 3 is 2.75 bits per heavy atom. The first-order valence-electron chi connectivity index (χ1n) is 3.17. The van der Waals surface area contributed by atoms with E-state index in [9.17, 15) is 0 Å².